The van der Waals surface area contributed by atoms with E-state index in [1.807, 2.05) is 0 Å². The van der Waals surface area contributed by atoms with Gasteiger partial charge in [0, 0.05) is 49.5 Å². The molecule has 0 radical (unpaired) electrons. The van der Waals surface area contributed by atoms with E-state index in [0.29, 0.717) is 17.0 Å². The molecule has 218 valence electrons. The Balaban J connectivity index is 1.76. The molecule has 1 aromatic carbocycles. The van der Waals surface area contributed by atoms with Crippen molar-refractivity contribution < 1.29 is 34.2 Å². The van der Waals surface area contributed by atoms with E-state index >= 15 is 0 Å². The Hall–Kier alpha value is -5.05. The van der Waals surface area contributed by atoms with E-state index in [1.165, 1.54) is 25.0 Å². The van der Waals surface area contributed by atoms with Gasteiger partial charge in [0.05, 0.1) is 18.7 Å². The van der Waals surface area contributed by atoms with Crippen LogP contribution in [0.5, 0.6) is 0 Å². The highest BCUT2D eigenvalue weighted by Crippen LogP contribution is 2.08. The number of H-pyrrole nitrogens is 2. The summed E-state index contributed by atoms with van der Waals surface area (Å²) in [7, 11) is 0. The Morgan fingerprint density at radius 3 is 1.88 bits per heavy atom. The van der Waals surface area contributed by atoms with E-state index in [-0.39, 0.29) is 25.7 Å². The zero-order valence-electron chi connectivity index (χ0n) is 21.9. The highest BCUT2D eigenvalue weighted by atomic mass is 16.4. The Morgan fingerprint density at radius 1 is 0.756 bits per heavy atom. The molecule has 0 spiro atoms. The number of hydrogen-bond donors (Lipinski definition) is 8. The fourth-order valence-electron chi connectivity index (χ4n) is 3.96. The van der Waals surface area contributed by atoms with Crippen molar-refractivity contribution >= 4 is 29.7 Å². The maximum Gasteiger partial charge on any atom is 0.326 e. The maximum absolute atomic E-state index is 13.3. The summed E-state index contributed by atoms with van der Waals surface area (Å²) in [6.07, 6.45) is 4.99. The first-order chi connectivity index (χ1) is 19.6. The number of carbonyl (C=O) groups is 5. The van der Waals surface area contributed by atoms with Crippen LogP contribution in [0.15, 0.2) is 55.4 Å². The Kier molecular flexibility index (Phi) is 11.1. The van der Waals surface area contributed by atoms with E-state index in [0.717, 1.165) is 0 Å². The fourth-order valence-corrected chi connectivity index (χ4v) is 3.96. The number of aromatic nitrogens is 4. The third kappa shape index (κ3) is 9.89. The number of amides is 3. The topological polar surface area (TPSA) is 245 Å². The van der Waals surface area contributed by atoms with Gasteiger partial charge < -0.3 is 41.9 Å². The number of rotatable bonds is 16. The van der Waals surface area contributed by atoms with Crippen molar-refractivity contribution in [1.29, 1.82) is 0 Å². The number of carboxylic acids is 2. The molecule has 15 nitrogen and oxygen atoms in total. The summed E-state index contributed by atoms with van der Waals surface area (Å²) in [5.74, 6) is -4.81. The van der Waals surface area contributed by atoms with Crippen LogP contribution < -0.4 is 21.7 Å². The van der Waals surface area contributed by atoms with Crippen LogP contribution in [0.3, 0.4) is 0 Å². The Morgan fingerprint density at radius 2 is 1.32 bits per heavy atom. The lowest BCUT2D eigenvalue weighted by Crippen LogP contribution is -2.58. The van der Waals surface area contributed by atoms with Crippen molar-refractivity contribution in [3.05, 3.63) is 72.3 Å². The number of hydrogen-bond acceptors (Lipinski definition) is 8. The second-order valence-electron chi connectivity index (χ2n) is 9.31. The fraction of sp³-hybridized carbons (Fsp3) is 0.346. The average Bonchev–Trinajstić information content (AvgIpc) is 3.65. The van der Waals surface area contributed by atoms with Crippen LogP contribution in [0.1, 0.15) is 29.8 Å². The second kappa shape index (κ2) is 14.9. The number of aliphatic carboxylic acids is 2. The van der Waals surface area contributed by atoms with Gasteiger partial charge in [0.25, 0.3) is 0 Å². The van der Waals surface area contributed by atoms with Gasteiger partial charge in [-0.25, -0.2) is 14.8 Å². The average molecular weight is 569 g/mol. The molecule has 3 aromatic rings. The van der Waals surface area contributed by atoms with Gasteiger partial charge >= 0.3 is 11.9 Å². The normalized spacial score (nSPS) is 13.8. The molecule has 0 aliphatic rings. The monoisotopic (exact) mass is 568 g/mol. The smallest absolute Gasteiger partial charge is 0.326 e. The Labute approximate surface area is 234 Å². The molecule has 0 aliphatic carbocycles. The van der Waals surface area contributed by atoms with E-state index in [1.54, 1.807) is 30.3 Å². The summed E-state index contributed by atoms with van der Waals surface area (Å²) in [4.78, 5) is 75.8. The molecule has 4 atom stereocenters. The third-order valence-electron chi connectivity index (χ3n) is 6.12. The lowest BCUT2D eigenvalue weighted by atomic mass is 10.0. The first-order valence-corrected chi connectivity index (χ1v) is 12.7. The maximum atomic E-state index is 13.3. The summed E-state index contributed by atoms with van der Waals surface area (Å²) in [5.41, 5.74) is 7.70. The minimum atomic E-state index is -1.34. The number of carbonyl (C=O) groups excluding carboxylic acids is 3. The molecule has 9 N–H and O–H groups in total. The van der Waals surface area contributed by atoms with Crippen LogP contribution in [0.4, 0.5) is 0 Å². The summed E-state index contributed by atoms with van der Waals surface area (Å²) in [6.45, 7) is 0. The largest absolute Gasteiger partial charge is 0.481 e. The molecule has 3 amide bonds. The van der Waals surface area contributed by atoms with Gasteiger partial charge in [0.1, 0.15) is 18.1 Å². The summed E-state index contributed by atoms with van der Waals surface area (Å²) in [5, 5.41) is 26.3. The lowest BCUT2D eigenvalue weighted by Gasteiger charge is -2.25. The number of nitrogens with one attached hydrogen (secondary N) is 5. The molecule has 15 heteroatoms. The zero-order chi connectivity index (χ0) is 29.8. The van der Waals surface area contributed by atoms with Gasteiger partial charge in [-0.15, -0.1) is 0 Å². The predicted molar refractivity (Wildman–Crippen MR) is 143 cm³/mol. The van der Waals surface area contributed by atoms with Crippen LogP contribution in [-0.2, 0) is 43.2 Å². The van der Waals surface area contributed by atoms with Crippen LogP contribution in [0, 0.1) is 0 Å². The predicted octanol–water partition coefficient (Wildman–Crippen LogP) is -1.11. The van der Waals surface area contributed by atoms with Gasteiger partial charge in [-0.2, -0.15) is 0 Å². The highest BCUT2D eigenvalue weighted by Gasteiger charge is 2.31. The van der Waals surface area contributed by atoms with Gasteiger partial charge in [0.15, 0.2) is 0 Å². The number of imidazole rings is 2. The van der Waals surface area contributed by atoms with Crippen LogP contribution >= 0.6 is 0 Å². The van der Waals surface area contributed by atoms with Gasteiger partial charge in [-0.3, -0.25) is 19.2 Å². The van der Waals surface area contributed by atoms with Crippen molar-refractivity contribution in [3.63, 3.8) is 0 Å². The van der Waals surface area contributed by atoms with Crippen LogP contribution in [0.25, 0.3) is 0 Å². The number of nitrogens with zero attached hydrogens (tertiary/aromatic N) is 2. The molecule has 0 bridgehead atoms. The second-order valence-corrected chi connectivity index (χ2v) is 9.31. The van der Waals surface area contributed by atoms with Crippen LogP contribution in [0.2, 0.25) is 0 Å². The van der Waals surface area contributed by atoms with E-state index in [2.05, 4.69) is 35.9 Å². The van der Waals surface area contributed by atoms with Crippen molar-refractivity contribution in [2.24, 2.45) is 5.73 Å². The Bertz CT molecular complexity index is 1300. The molecular formula is C26H32N8O7. The molecule has 41 heavy (non-hydrogen) atoms. The first-order valence-electron chi connectivity index (χ1n) is 12.7. The van der Waals surface area contributed by atoms with Crippen LogP contribution in [-0.4, -0.2) is 84.0 Å². The minimum Gasteiger partial charge on any atom is -0.481 e. The van der Waals surface area contributed by atoms with Crippen molar-refractivity contribution in [1.82, 2.24) is 35.9 Å². The SMILES string of the molecule is NC(Cc1cnc[nH]1)C(=O)NC(CCC(=O)O)C(=O)NC(Cc1ccccc1)C(=O)NC(Cc1cnc[nH]1)C(=O)O. The molecule has 4 unspecified atom stereocenters. The number of benzene rings is 1. The number of nitrogens with two attached hydrogens (primary N) is 1. The van der Waals surface area contributed by atoms with Gasteiger partial charge in [-0.05, 0) is 12.0 Å². The van der Waals surface area contributed by atoms with Gasteiger partial charge in [-0.1, -0.05) is 30.3 Å². The lowest BCUT2D eigenvalue weighted by molar-refractivity contribution is -0.142. The third-order valence-corrected chi connectivity index (χ3v) is 6.12. The molecule has 0 saturated carbocycles. The molecule has 0 fully saturated rings. The van der Waals surface area contributed by atoms with Gasteiger partial charge in [0.2, 0.25) is 17.7 Å². The summed E-state index contributed by atoms with van der Waals surface area (Å²) < 4.78 is 0. The van der Waals surface area contributed by atoms with E-state index < -0.39 is 60.2 Å². The van der Waals surface area contributed by atoms with E-state index in [9.17, 15) is 34.2 Å². The summed E-state index contributed by atoms with van der Waals surface area (Å²) >= 11 is 0. The van der Waals surface area contributed by atoms with Crippen molar-refractivity contribution in [2.75, 3.05) is 0 Å². The van der Waals surface area contributed by atoms with E-state index in [4.69, 9.17) is 5.73 Å². The molecule has 2 aromatic heterocycles. The molecule has 0 saturated heterocycles. The van der Waals surface area contributed by atoms with Crippen molar-refractivity contribution in [3.8, 4) is 0 Å². The molecule has 2 heterocycles. The minimum absolute atomic E-state index is 0.00621. The van der Waals surface area contributed by atoms with Crippen molar-refractivity contribution in [2.45, 2.75) is 56.3 Å². The number of carboxylic acid groups (broad SMARTS) is 2. The first kappa shape index (κ1) is 30.5. The standard InChI is InChI=1S/C26H32N8O7/c27-18(9-16-11-28-13-30-16)23(37)32-19(6-7-22(35)36)24(38)33-20(8-15-4-2-1-3-5-15)25(39)34-21(26(40)41)10-17-12-29-14-31-17/h1-5,11-14,18-21H,6-10,27H2,(H,28,30)(H,29,31)(H,32,37)(H,33,38)(H,34,39)(H,35,36)(H,40,41). The molecule has 0 aliphatic heterocycles. The highest BCUT2D eigenvalue weighted by molar-refractivity contribution is 5.94. The molecule has 3 rings (SSSR count). The molecular weight excluding hydrogens is 536 g/mol. The quantitative estimate of drug-likeness (QED) is 0.103. The summed E-state index contributed by atoms with van der Waals surface area (Å²) in [6, 6.07) is 3.70. The number of aromatic amines is 2. The zero-order valence-corrected chi connectivity index (χ0v) is 21.9.